The number of rotatable bonds is 8. The largest absolute Gasteiger partial charge is 0.516 e. The van der Waals surface area contributed by atoms with Crippen molar-refractivity contribution in [2.75, 3.05) is 13.2 Å². The second kappa shape index (κ2) is 12.0. The van der Waals surface area contributed by atoms with Gasteiger partial charge >= 0.3 is 24.5 Å². The molecular formula is C22H24F3N3O7. The number of benzene rings is 1. The maximum absolute atomic E-state index is 13.4. The second-order valence-electron chi connectivity index (χ2n) is 8.04. The third-order valence-electron chi connectivity index (χ3n) is 3.82. The smallest absolute Gasteiger partial charge is 0.434 e. The van der Waals surface area contributed by atoms with Gasteiger partial charge in [-0.15, -0.1) is 5.10 Å². The lowest BCUT2D eigenvalue weighted by Gasteiger charge is -2.12. The summed E-state index contributed by atoms with van der Waals surface area (Å²) in [7, 11) is 0. The number of hydrogen-bond acceptors (Lipinski definition) is 9. The minimum absolute atomic E-state index is 0.00352. The van der Waals surface area contributed by atoms with Crippen LogP contribution in [0.5, 0.6) is 5.75 Å². The van der Waals surface area contributed by atoms with Crippen LogP contribution in [-0.2, 0) is 25.2 Å². The molecule has 0 atom stereocenters. The van der Waals surface area contributed by atoms with E-state index in [1.807, 2.05) is 0 Å². The third-order valence-corrected chi connectivity index (χ3v) is 3.82. The van der Waals surface area contributed by atoms with E-state index in [1.54, 1.807) is 27.7 Å². The fourth-order valence-electron chi connectivity index (χ4n) is 2.31. The van der Waals surface area contributed by atoms with Crippen molar-refractivity contribution < 1.29 is 46.5 Å². The van der Waals surface area contributed by atoms with E-state index in [0.717, 1.165) is 35.4 Å². The summed E-state index contributed by atoms with van der Waals surface area (Å²) in [5.74, 6) is -1.58. The van der Waals surface area contributed by atoms with Gasteiger partial charge in [0, 0.05) is 17.8 Å². The molecule has 35 heavy (non-hydrogen) atoms. The Morgan fingerprint density at radius 2 is 1.63 bits per heavy atom. The number of esters is 1. The summed E-state index contributed by atoms with van der Waals surface area (Å²) in [5.41, 5.74) is -1.21. The highest BCUT2D eigenvalue weighted by atomic mass is 19.4. The first kappa shape index (κ1) is 27.3. The summed E-state index contributed by atoms with van der Waals surface area (Å²) in [5, 5.41) is 3.95. The third kappa shape index (κ3) is 9.47. The maximum atomic E-state index is 13.4. The van der Waals surface area contributed by atoms with E-state index in [9.17, 15) is 27.6 Å². The summed E-state index contributed by atoms with van der Waals surface area (Å²) >= 11 is 0. The van der Waals surface area contributed by atoms with Crippen LogP contribution in [0.2, 0.25) is 0 Å². The van der Waals surface area contributed by atoms with Crippen molar-refractivity contribution in [2.24, 2.45) is 11.8 Å². The zero-order valence-corrected chi connectivity index (χ0v) is 19.4. The maximum Gasteiger partial charge on any atom is 0.516 e. The number of aromatic nitrogens is 3. The molecule has 190 valence electrons. The van der Waals surface area contributed by atoms with Crippen LogP contribution in [-0.4, -0.2) is 46.3 Å². The van der Waals surface area contributed by atoms with Crippen LogP contribution in [0.15, 0.2) is 30.6 Å². The zero-order valence-electron chi connectivity index (χ0n) is 19.4. The minimum atomic E-state index is -4.74. The van der Waals surface area contributed by atoms with Gasteiger partial charge in [-0.05, 0) is 30.0 Å². The van der Waals surface area contributed by atoms with Crippen LogP contribution in [0.3, 0.4) is 0 Å². The van der Waals surface area contributed by atoms with E-state index in [0.29, 0.717) is 6.07 Å². The average molecular weight is 499 g/mol. The molecule has 0 saturated carbocycles. The number of alkyl halides is 3. The average Bonchev–Trinajstić information content (AvgIpc) is 3.23. The van der Waals surface area contributed by atoms with Gasteiger partial charge in [0.05, 0.1) is 18.8 Å². The molecule has 2 rings (SSSR count). The summed E-state index contributed by atoms with van der Waals surface area (Å²) < 4.78 is 59.9. The van der Waals surface area contributed by atoms with E-state index < -0.39 is 35.8 Å². The van der Waals surface area contributed by atoms with Crippen molar-refractivity contribution in [3.8, 4) is 17.1 Å². The molecule has 0 amide bonds. The molecule has 0 bridgehead atoms. The number of carbonyl (C=O) groups is 3. The molecule has 13 heteroatoms. The van der Waals surface area contributed by atoms with Crippen molar-refractivity contribution in [1.29, 1.82) is 0 Å². The van der Waals surface area contributed by atoms with Gasteiger partial charge in [0.2, 0.25) is 0 Å². The highest BCUT2D eigenvalue weighted by Gasteiger charge is 2.32. The van der Waals surface area contributed by atoms with Crippen LogP contribution >= 0.6 is 0 Å². The highest BCUT2D eigenvalue weighted by molar-refractivity contribution is 5.91. The first-order valence-corrected chi connectivity index (χ1v) is 10.4. The SMILES string of the molecule is CC(C)COC(=O)OC(=O)/C=C\n1cnc(-c2cc(OC(=O)OCC(C)C)cc(C(F)(F)F)c2)n1. The Balaban J connectivity index is 2.16. The van der Waals surface area contributed by atoms with Crippen molar-refractivity contribution in [2.45, 2.75) is 33.9 Å². The molecule has 1 aromatic heterocycles. The molecule has 0 saturated heterocycles. The van der Waals surface area contributed by atoms with Gasteiger partial charge in [0.25, 0.3) is 0 Å². The Morgan fingerprint density at radius 1 is 1.00 bits per heavy atom. The van der Waals surface area contributed by atoms with Gasteiger partial charge in [-0.3, -0.25) is 0 Å². The highest BCUT2D eigenvalue weighted by Crippen LogP contribution is 2.35. The van der Waals surface area contributed by atoms with Gasteiger partial charge in [-0.1, -0.05) is 27.7 Å². The fourth-order valence-corrected chi connectivity index (χ4v) is 2.31. The molecule has 0 unspecified atom stereocenters. The molecular weight excluding hydrogens is 475 g/mol. The van der Waals surface area contributed by atoms with Crippen molar-refractivity contribution in [1.82, 2.24) is 14.8 Å². The Labute approximate surface area is 198 Å². The minimum Gasteiger partial charge on any atom is -0.434 e. The molecule has 0 aliphatic heterocycles. The van der Waals surface area contributed by atoms with Crippen molar-refractivity contribution >= 4 is 24.5 Å². The molecule has 0 radical (unpaired) electrons. The molecule has 10 nitrogen and oxygen atoms in total. The van der Waals surface area contributed by atoms with Crippen molar-refractivity contribution in [3.05, 3.63) is 36.2 Å². The lowest BCUT2D eigenvalue weighted by Crippen LogP contribution is -2.15. The van der Waals surface area contributed by atoms with Crippen LogP contribution in [0, 0.1) is 11.8 Å². The quantitative estimate of drug-likeness (QED) is 0.215. The summed E-state index contributed by atoms with van der Waals surface area (Å²) in [4.78, 5) is 38.7. The molecule has 1 aromatic carbocycles. The second-order valence-corrected chi connectivity index (χ2v) is 8.04. The van der Waals surface area contributed by atoms with Crippen LogP contribution in [0.4, 0.5) is 22.8 Å². The lowest BCUT2D eigenvalue weighted by molar-refractivity contribution is -0.137. The predicted molar refractivity (Wildman–Crippen MR) is 115 cm³/mol. The van der Waals surface area contributed by atoms with Gasteiger partial charge in [-0.25, -0.2) is 24.0 Å². The summed E-state index contributed by atoms with van der Waals surface area (Å²) in [6, 6.07) is 2.55. The lowest BCUT2D eigenvalue weighted by atomic mass is 10.1. The number of hydrogen-bond donors (Lipinski definition) is 0. The molecule has 0 aliphatic rings. The Bertz CT molecular complexity index is 1080. The Morgan fingerprint density at radius 3 is 2.23 bits per heavy atom. The van der Waals surface area contributed by atoms with E-state index in [4.69, 9.17) is 14.2 Å². The van der Waals surface area contributed by atoms with Gasteiger partial charge < -0.3 is 18.9 Å². The number of halogens is 3. The summed E-state index contributed by atoms with van der Waals surface area (Å²) in [6.07, 6.45) is -4.05. The van der Waals surface area contributed by atoms with Gasteiger partial charge in [0.15, 0.2) is 5.82 Å². The zero-order chi connectivity index (χ0) is 26.2. The van der Waals surface area contributed by atoms with E-state index in [-0.39, 0.29) is 36.4 Å². The predicted octanol–water partition coefficient (Wildman–Crippen LogP) is 4.94. The number of ether oxygens (including phenoxy) is 4. The van der Waals surface area contributed by atoms with E-state index in [2.05, 4.69) is 14.8 Å². The molecule has 0 aliphatic carbocycles. The van der Waals surface area contributed by atoms with Crippen LogP contribution < -0.4 is 4.74 Å². The molecule has 0 fully saturated rings. The topological polar surface area (TPSA) is 119 Å². The molecule has 1 heterocycles. The van der Waals surface area contributed by atoms with Crippen molar-refractivity contribution in [3.63, 3.8) is 0 Å². The van der Waals surface area contributed by atoms with E-state index in [1.165, 1.54) is 0 Å². The number of nitrogens with zero attached hydrogens (tertiary/aromatic N) is 3. The standard InChI is InChI=1S/C22H24F3N3O7/c1-13(2)10-32-20(30)34-17-8-15(7-16(9-17)22(23,24)25)19-26-12-28(27-19)6-5-18(29)35-21(31)33-11-14(3)4/h5-9,12-14H,10-11H2,1-4H3/b6-5-. The number of carbonyl (C=O) groups excluding carboxylic acids is 3. The van der Waals surface area contributed by atoms with Gasteiger partial charge in [-0.2, -0.15) is 13.2 Å². The van der Waals surface area contributed by atoms with Crippen LogP contribution in [0.25, 0.3) is 17.6 Å². The Hall–Kier alpha value is -3.90. The summed E-state index contributed by atoms with van der Waals surface area (Å²) in [6.45, 7) is 7.26. The molecule has 2 aromatic rings. The Kier molecular flexibility index (Phi) is 9.37. The first-order chi connectivity index (χ1) is 16.3. The van der Waals surface area contributed by atoms with Crippen LogP contribution in [0.1, 0.15) is 33.3 Å². The normalized spacial score (nSPS) is 11.7. The van der Waals surface area contributed by atoms with Gasteiger partial charge in [0.1, 0.15) is 12.1 Å². The molecule has 0 N–H and O–H groups in total. The molecule has 0 spiro atoms. The van der Waals surface area contributed by atoms with E-state index >= 15 is 0 Å². The fraction of sp³-hybridized carbons (Fsp3) is 0.409. The monoisotopic (exact) mass is 499 g/mol. The first-order valence-electron chi connectivity index (χ1n) is 10.4.